The van der Waals surface area contributed by atoms with Crippen LogP contribution < -0.4 is 15.4 Å². The summed E-state index contributed by atoms with van der Waals surface area (Å²) in [6.07, 6.45) is -5.34. The molecule has 1 saturated heterocycles. The number of anilines is 1. The lowest BCUT2D eigenvalue weighted by Gasteiger charge is -2.17. The number of nitrogens with one attached hydrogen (secondary N) is 2. The first-order valence-corrected chi connectivity index (χ1v) is 5.78. The summed E-state index contributed by atoms with van der Waals surface area (Å²) in [4.78, 5) is 35.3. The molecule has 0 radical (unpaired) electrons. The van der Waals surface area contributed by atoms with Gasteiger partial charge in [0.1, 0.15) is 5.75 Å². The van der Waals surface area contributed by atoms with Gasteiger partial charge in [-0.3, -0.25) is 19.7 Å². The third-order valence-electron chi connectivity index (χ3n) is 3.39. The van der Waals surface area contributed by atoms with Gasteiger partial charge in [0.15, 0.2) is 5.41 Å². The standard InChI is InChI=1S/C12H7F3N2O4.2H2/c13-12(14,15)21-5-1-2-7-6(3-5)11(9(19)16-7)4-8(18)17-10(11)20;;/h1-3H,4H2,(H,16,19)(H,17,18,20);2*1H. The maximum Gasteiger partial charge on any atom is 0.573 e. The Balaban J connectivity index is 0.00000132. The van der Waals surface area contributed by atoms with Gasteiger partial charge in [0.2, 0.25) is 17.7 Å². The Morgan fingerprint density at radius 1 is 1.14 bits per heavy atom. The Labute approximate surface area is 118 Å². The Morgan fingerprint density at radius 2 is 1.81 bits per heavy atom. The van der Waals surface area contributed by atoms with Crippen LogP contribution >= 0.6 is 0 Å². The third-order valence-corrected chi connectivity index (χ3v) is 3.39. The molecule has 21 heavy (non-hydrogen) atoms. The second kappa shape index (κ2) is 3.96. The zero-order chi connectivity index (χ0) is 15.4. The number of hydrogen-bond acceptors (Lipinski definition) is 4. The lowest BCUT2D eigenvalue weighted by molar-refractivity contribution is -0.274. The van der Waals surface area contributed by atoms with Crippen LogP contribution in [0, 0.1) is 0 Å². The van der Waals surface area contributed by atoms with E-state index < -0.39 is 41.7 Å². The van der Waals surface area contributed by atoms with Crippen LogP contribution in [0.25, 0.3) is 0 Å². The number of benzene rings is 1. The molecular formula is C12H11F3N2O4. The quantitative estimate of drug-likeness (QED) is 0.605. The summed E-state index contributed by atoms with van der Waals surface area (Å²) in [7, 11) is 0. The molecule has 6 nitrogen and oxygen atoms in total. The Bertz CT molecular complexity index is 695. The van der Waals surface area contributed by atoms with E-state index >= 15 is 0 Å². The van der Waals surface area contributed by atoms with Crippen molar-refractivity contribution in [3.8, 4) is 5.75 Å². The number of amides is 3. The highest BCUT2D eigenvalue weighted by Gasteiger charge is 2.58. The SMILES string of the molecule is O=C1CC2(C(=O)N1)C(=O)Nc1ccc(OC(F)(F)F)cc12.[HH].[HH]. The van der Waals surface area contributed by atoms with Crippen molar-refractivity contribution in [3.05, 3.63) is 23.8 Å². The number of ether oxygens (including phenoxy) is 1. The Kier molecular flexibility index (Phi) is 2.53. The molecule has 1 spiro atoms. The van der Waals surface area contributed by atoms with E-state index in [1.54, 1.807) is 0 Å². The molecule has 0 bridgehead atoms. The number of imide groups is 1. The predicted octanol–water partition coefficient (Wildman–Crippen LogP) is 1.31. The van der Waals surface area contributed by atoms with Crippen molar-refractivity contribution in [2.24, 2.45) is 0 Å². The second-order valence-corrected chi connectivity index (χ2v) is 4.67. The third kappa shape index (κ3) is 1.92. The zero-order valence-corrected chi connectivity index (χ0v) is 10.2. The molecule has 3 rings (SSSR count). The van der Waals surface area contributed by atoms with Crippen molar-refractivity contribution in [1.82, 2.24) is 5.32 Å². The lowest BCUT2D eigenvalue weighted by atomic mass is 9.80. The van der Waals surface area contributed by atoms with Gasteiger partial charge in [0.05, 0.1) is 6.42 Å². The summed E-state index contributed by atoms with van der Waals surface area (Å²) in [5, 5.41) is 4.37. The zero-order valence-electron chi connectivity index (χ0n) is 10.2. The minimum absolute atomic E-state index is 0. The van der Waals surface area contributed by atoms with Crippen LogP contribution in [0.15, 0.2) is 18.2 Å². The number of hydrogen-bond donors (Lipinski definition) is 2. The van der Waals surface area contributed by atoms with Crippen LogP contribution in [-0.2, 0) is 19.8 Å². The summed E-state index contributed by atoms with van der Waals surface area (Å²) in [6, 6.07) is 3.15. The number of carbonyl (C=O) groups is 3. The summed E-state index contributed by atoms with van der Waals surface area (Å²) in [5.41, 5.74) is -1.64. The van der Waals surface area contributed by atoms with E-state index in [0.717, 1.165) is 12.1 Å². The van der Waals surface area contributed by atoms with Crippen molar-refractivity contribution in [2.75, 3.05) is 5.32 Å². The first kappa shape index (κ1) is 13.4. The normalized spacial score (nSPS) is 24.0. The predicted molar refractivity (Wildman–Crippen MR) is 65.4 cm³/mol. The molecule has 114 valence electrons. The van der Waals surface area contributed by atoms with Gasteiger partial charge in [-0.25, -0.2) is 0 Å². The van der Waals surface area contributed by atoms with Crippen molar-refractivity contribution in [1.29, 1.82) is 0 Å². The fraction of sp³-hybridized carbons (Fsp3) is 0.250. The van der Waals surface area contributed by atoms with E-state index in [0.29, 0.717) is 0 Å². The minimum atomic E-state index is -4.90. The number of rotatable bonds is 1. The molecule has 1 atom stereocenters. The molecule has 2 aliphatic heterocycles. The molecule has 0 saturated carbocycles. The molecule has 2 N–H and O–H groups in total. The summed E-state index contributed by atoms with van der Waals surface area (Å²) in [6.45, 7) is 0. The molecule has 1 fully saturated rings. The van der Waals surface area contributed by atoms with Crippen LogP contribution in [-0.4, -0.2) is 24.1 Å². The largest absolute Gasteiger partial charge is 0.573 e. The van der Waals surface area contributed by atoms with Gasteiger partial charge in [-0.05, 0) is 18.2 Å². The van der Waals surface area contributed by atoms with Gasteiger partial charge in [-0.15, -0.1) is 13.2 Å². The molecule has 2 aliphatic rings. The Hall–Kier alpha value is -2.58. The van der Waals surface area contributed by atoms with Crippen LogP contribution in [0.2, 0.25) is 0 Å². The Morgan fingerprint density at radius 3 is 2.38 bits per heavy atom. The van der Waals surface area contributed by atoms with Gasteiger partial charge in [-0.2, -0.15) is 0 Å². The number of alkyl halides is 3. The van der Waals surface area contributed by atoms with E-state index in [9.17, 15) is 27.6 Å². The number of carbonyl (C=O) groups excluding carboxylic acids is 3. The van der Waals surface area contributed by atoms with E-state index in [-0.39, 0.29) is 14.1 Å². The topological polar surface area (TPSA) is 84.5 Å². The summed E-state index contributed by atoms with van der Waals surface area (Å²) >= 11 is 0. The molecule has 9 heteroatoms. The monoisotopic (exact) mass is 304 g/mol. The van der Waals surface area contributed by atoms with E-state index in [2.05, 4.69) is 10.1 Å². The van der Waals surface area contributed by atoms with E-state index in [4.69, 9.17) is 0 Å². The number of fused-ring (bicyclic) bond motifs is 2. The van der Waals surface area contributed by atoms with E-state index in [1.165, 1.54) is 6.07 Å². The summed E-state index contributed by atoms with van der Waals surface area (Å²) in [5.74, 6) is -2.83. The van der Waals surface area contributed by atoms with Crippen molar-refractivity contribution in [3.63, 3.8) is 0 Å². The molecule has 3 amide bonds. The highest BCUT2D eigenvalue weighted by molar-refractivity contribution is 6.28. The maximum absolute atomic E-state index is 12.2. The average molecular weight is 304 g/mol. The fourth-order valence-electron chi connectivity index (χ4n) is 2.53. The van der Waals surface area contributed by atoms with Crippen LogP contribution in [0.4, 0.5) is 18.9 Å². The molecule has 1 aromatic carbocycles. The second-order valence-electron chi connectivity index (χ2n) is 4.67. The molecular weight excluding hydrogens is 293 g/mol. The van der Waals surface area contributed by atoms with Crippen LogP contribution in [0.1, 0.15) is 14.8 Å². The van der Waals surface area contributed by atoms with Crippen molar-refractivity contribution >= 4 is 23.4 Å². The van der Waals surface area contributed by atoms with Crippen LogP contribution in [0.3, 0.4) is 0 Å². The highest BCUT2D eigenvalue weighted by Crippen LogP contribution is 2.44. The van der Waals surface area contributed by atoms with E-state index in [1.807, 2.05) is 5.32 Å². The smallest absolute Gasteiger partial charge is 0.406 e. The fourth-order valence-corrected chi connectivity index (χ4v) is 2.53. The lowest BCUT2D eigenvalue weighted by Crippen LogP contribution is -2.41. The molecule has 0 aliphatic carbocycles. The molecule has 1 aromatic rings. The maximum atomic E-state index is 12.2. The van der Waals surface area contributed by atoms with Crippen LogP contribution in [0.5, 0.6) is 5.75 Å². The van der Waals surface area contributed by atoms with Crippen molar-refractivity contribution < 1.29 is 35.1 Å². The first-order chi connectivity index (χ1) is 9.72. The van der Waals surface area contributed by atoms with Gasteiger partial charge in [-0.1, -0.05) is 0 Å². The highest BCUT2D eigenvalue weighted by atomic mass is 19.4. The molecule has 0 aromatic heterocycles. The first-order valence-electron chi connectivity index (χ1n) is 5.78. The molecule has 2 heterocycles. The minimum Gasteiger partial charge on any atom is -0.406 e. The van der Waals surface area contributed by atoms with Gasteiger partial charge >= 0.3 is 6.36 Å². The van der Waals surface area contributed by atoms with Gasteiger partial charge in [0.25, 0.3) is 0 Å². The average Bonchev–Trinajstić information content (AvgIpc) is 2.78. The molecule has 1 unspecified atom stereocenters. The van der Waals surface area contributed by atoms with Gasteiger partial charge < -0.3 is 10.1 Å². The number of halogens is 3. The van der Waals surface area contributed by atoms with Gasteiger partial charge in [0, 0.05) is 14.1 Å². The summed E-state index contributed by atoms with van der Waals surface area (Å²) < 4.78 is 40.5. The van der Waals surface area contributed by atoms with Crippen molar-refractivity contribution in [2.45, 2.75) is 18.2 Å².